The highest BCUT2D eigenvalue weighted by Crippen LogP contribution is 2.24. The maximum absolute atomic E-state index is 9.39. The van der Waals surface area contributed by atoms with Gasteiger partial charge in [0.2, 0.25) is 0 Å². The van der Waals surface area contributed by atoms with E-state index in [2.05, 4.69) is 0 Å². The Morgan fingerprint density at radius 3 is 2.87 bits per heavy atom. The number of aryl methyl sites for hydroxylation is 1. The van der Waals surface area contributed by atoms with Crippen LogP contribution < -0.4 is 0 Å². The Morgan fingerprint density at radius 1 is 1.47 bits per heavy atom. The zero-order valence-electron chi connectivity index (χ0n) is 8.87. The van der Waals surface area contributed by atoms with Crippen LogP contribution in [0.2, 0.25) is 5.02 Å². The second-order valence-electron chi connectivity index (χ2n) is 3.98. The summed E-state index contributed by atoms with van der Waals surface area (Å²) >= 11 is 5.94. The summed E-state index contributed by atoms with van der Waals surface area (Å²) in [7, 11) is 1.99. The maximum Gasteiger partial charge on any atom is 0.0553 e. The molecule has 0 unspecified atom stereocenters. The van der Waals surface area contributed by atoms with Crippen LogP contribution in [-0.4, -0.2) is 15.8 Å². The van der Waals surface area contributed by atoms with Gasteiger partial charge in [-0.1, -0.05) is 17.7 Å². The molecule has 1 atom stereocenters. The van der Waals surface area contributed by atoms with Crippen LogP contribution in [0.4, 0.5) is 0 Å². The number of rotatable bonds is 2. The van der Waals surface area contributed by atoms with Gasteiger partial charge in [0.15, 0.2) is 0 Å². The summed E-state index contributed by atoms with van der Waals surface area (Å²) in [4.78, 5) is 0. The van der Waals surface area contributed by atoms with E-state index in [1.165, 1.54) is 10.9 Å². The summed E-state index contributed by atoms with van der Waals surface area (Å²) in [5.41, 5.74) is 2.28. The highest BCUT2D eigenvalue weighted by molar-refractivity contribution is 6.31. The molecule has 0 amide bonds. The van der Waals surface area contributed by atoms with Crippen LogP contribution in [0.15, 0.2) is 24.4 Å². The molecular formula is C12H14ClNO. The molecule has 2 nitrogen and oxygen atoms in total. The predicted octanol–water partition coefficient (Wildman–Crippen LogP) is 2.76. The van der Waals surface area contributed by atoms with Gasteiger partial charge in [-0.3, -0.25) is 0 Å². The number of benzene rings is 1. The summed E-state index contributed by atoms with van der Waals surface area (Å²) in [6, 6.07) is 5.84. The van der Waals surface area contributed by atoms with Crippen molar-refractivity contribution in [2.24, 2.45) is 7.05 Å². The van der Waals surface area contributed by atoms with Gasteiger partial charge >= 0.3 is 0 Å². The Balaban J connectivity index is 2.57. The van der Waals surface area contributed by atoms with E-state index in [1.807, 2.05) is 36.0 Å². The van der Waals surface area contributed by atoms with Gasteiger partial charge in [-0.05, 0) is 24.6 Å². The van der Waals surface area contributed by atoms with Crippen LogP contribution in [0.3, 0.4) is 0 Å². The second-order valence-corrected chi connectivity index (χ2v) is 4.42. The lowest BCUT2D eigenvalue weighted by atomic mass is 10.1. The van der Waals surface area contributed by atoms with E-state index in [1.54, 1.807) is 6.92 Å². The molecule has 0 radical (unpaired) electrons. The summed E-state index contributed by atoms with van der Waals surface area (Å²) in [6.45, 7) is 1.80. The molecular weight excluding hydrogens is 210 g/mol. The molecule has 0 bridgehead atoms. The monoisotopic (exact) mass is 223 g/mol. The van der Waals surface area contributed by atoms with Gasteiger partial charge in [-0.2, -0.15) is 0 Å². The van der Waals surface area contributed by atoms with E-state index in [9.17, 15) is 5.11 Å². The SMILES string of the molecule is C[C@H](O)Cc1cn(C)c2cc(Cl)ccc12. The van der Waals surface area contributed by atoms with Gasteiger partial charge in [-0.25, -0.2) is 0 Å². The van der Waals surface area contributed by atoms with Crippen LogP contribution >= 0.6 is 11.6 Å². The lowest BCUT2D eigenvalue weighted by molar-refractivity contribution is 0.196. The zero-order valence-corrected chi connectivity index (χ0v) is 9.62. The molecule has 1 aromatic heterocycles. The summed E-state index contributed by atoms with van der Waals surface area (Å²) in [6.07, 6.45) is 2.42. The number of nitrogens with zero attached hydrogens (tertiary/aromatic N) is 1. The van der Waals surface area contributed by atoms with E-state index in [0.717, 1.165) is 10.5 Å². The molecule has 80 valence electrons. The first-order chi connectivity index (χ1) is 7.08. The molecule has 1 N–H and O–H groups in total. The smallest absolute Gasteiger partial charge is 0.0553 e. The number of aliphatic hydroxyl groups excluding tert-OH is 1. The second kappa shape index (κ2) is 3.87. The lowest BCUT2D eigenvalue weighted by Gasteiger charge is -2.01. The van der Waals surface area contributed by atoms with Crippen molar-refractivity contribution in [3.05, 3.63) is 35.0 Å². The molecule has 2 rings (SSSR count). The van der Waals surface area contributed by atoms with Gasteiger partial charge in [0, 0.05) is 35.6 Å². The third-order valence-corrected chi connectivity index (χ3v) is 2.79. The van der Waals surface area contributed by atoms with Gasteiger partial charge in [0.1, 0.15) is 0 Å². The number of aromatic nitrogens is 1. The number of halogens is 1. The molecule has 0 aliphatic rings. The fraction of sp³-hybridized carbons (Fsp3) is 0.333. The van der Waals surface area contributed by atoms with E-state index < -0.39 is 0 Å². The summed E-state index contributed by atoms with van der Waals surface area (Å²) < 4.78 is 2.04. The van der Waals surface area contributed by atoms with E-state index in [0.29, 0.717) is 6.42 Å². The predicted molar refractivity (Wildman–Crippen MR) is 63.3 cm³/mol. The van der Waals surface area contributed by atoms with Crippen molar-refractivity contribution in [3.63, 3.8) is 0 Å². The Kier molecular flexibility index (Phi) is 2.72. The molecule has 0 saturated carbocycles. The van der Waals surface area contributed by atoms with E-state index in [4.69, 9.17) is 11.6 Å². The molecule has 2 aromatic rings. The Labute approximate surface area is 94.1 Å². The summed E-state index contributed by atoms with van der Waals surface area (Å²) in [5.74, 6) is 0. The van der Waals surface area contributed by atoms with Crippen LogP contribution in [0.1, 0.15) is 12.5 Å². The van der Waals surface area contributed by atoms with Crippen molar-refractivity contribution < 1.29 is 5.11 Å². The fourth-order valence-electron chi connectivity index (χ4n) is 1.92. The van der Waals surface area contributed by atoms with Crippen molar-refractivity contribution in [3.8, 4) is 0 Å². The van der Waals surface area contributed by atoms with Crippen molar-refractivity contribution >= 4 is 22.5 Å². The van der Waals surface area contributed by atoms with Gasteiger partial charge < -0.3 is 9.67 Å². The molecule has 0 fully saturated rings. The standard InChI is InChI=1S/C12H14ClNO/c1-8(15)5-9-7-14(2)12-6-10(13)3-4-11(9)12/h3-4,6-8,15H,5H2,1-2H3/t8-/m0/s1. The largest absolute Gasteiger partial charge is 0.393 e. The third kappa shape index (κ3) is 2.01. The minimum Gasteiger partial charge on any atom is -0.393 e. The van der Waals surface area contributed by atoms with E-state index >= 15 is 0 Å². The first-order valence-electron chi connectivity index (χ1n) is 4.99. The van der Waals surface area contributed by atoms with Crippen LogP contribution in [-0.2, 0) is 13.5 Å². The maximum atomic E-state index is 9.39. The normalized spacial score (nSPS) is 13.3. The van der Waals surface area contributed by atoms with Crippen LogP contribution in [0, 0.1) is 0 Å². The van der Waals surface area contributed by atoms with Crippen LogP contribution in [0.25, 0.3) is 10.9 Å². The molecule has 15 heavy (non-hydrogen) atoms. The average Bonchev–Trinajstić information content (AvgIpc) is 2.42. The lowest BCUT2D eigenvalue weighted by Crippen LogP contribution is -2.03. The zero-order chi connectivity index (χ0) is 11.0. The fourth-order valence-corrected chi connectivity index (χ4v) is 2.09. The molecule has 0 aliphatic heterocycles. The van der Waals surface area contributed by atoms with Gasteiger partial charge in [0.05, 0.1) is 6.10 Å². The molecule has 1 aromatic carbocycles. The van der Waals surface area contributed by atoms with Gasteiger partial charge in [-0.15, -0.1) is 0 Å². The topological polar surface area (TPSA) is 25.2 Å². The highest BCUT2D eigenvalue weighted by Gasteiger charge is 2.08. The minimum atomic E-state index is -0.314. The number of aliphatic hydroxyl groups is 1. The van der Waals surface area contributed by atoms with Crippen molar-refractivity contribution in [2.75, 3.05) is 0 Å². The molecule has 0 saturated heterocycles. The molecule has 0 spiro atoms. The molecule has 0 aliphatic carbocycles. The van der Waals surface area contributed by atoms with Crippen LogP contribution in [0.5, 0.6) is 0 Å². The summed E-state index contributed by atoms with van der Waals surface area (Å²) in [5, 5.41) is 11.3. The first kappa shape index (κ1) is 10.5. The quantitative estimate of drug-likeness (QED) is 0.832. The number of hydrogen-bond donors (Lipinski definition) is 1. The molecule has 1 heterocycles. The number of hydrogen-bond acceptors (Lipinski definition) is 1. The minimum absolute atomic E-state index is 0.314. The Morgan fingerprint density at radius 2 is 2.20 bits per heavy atom. The average molecular weight is 224 g/mol. The van der Waals surface area contributed by atoms with Crippen molar-refractivity contribution in [1.82, 2.24) is 4.57 Å². The first-order valence-corrected chi connectivity index (χ1v) is 5.37. The Hall–Kier alpha value is -0.990. The highest BCUT2D eigenvalue weighted by atomic mass is 35.5. The Bertz CT molecular complexity index is 488. The van der Waals surface area contributed by atoms with E-state index in [-0.39, 0.29) is 6.10 Å². The molecule has 3 heteroatoms. The van der Waals surface area contributed by atoms with Gasteiger partial charge in [0.25, 0.3) is 0 Å². The number of fused-ring (bicyclic) bond motifs is 1. The van der Waals surface area contributed by atoms with Crippen molar-refractivity contribution in [1.29, 1.82) is 0 Å². The van der Waals surface area contributed by atoms with Crippen molar-refractivity contribution in [2.45, 2.75) is 19.4 Å². The third-order valence-electron chi connectivity index (χ3n) is 2.55.